The van der Waals surface area contributed by atoms with E-state index in [0.717, 1.165) is 60.6 Å². The first-order valence-corrected chi connectivity index (χ1v) is 26.2. The quantitative estimate of drug-likeness (QED) is 0.0646. The van der Waals surface area contributed by atoms with Crippen molar-refractivity contribution in [3.8, 4) is 35.5 Å². The molecule has 0 aliphatic rings. The Morgan fingerprint density at radius 3 is 1.33 bits per heavy atom. The Morgan fingerprint density at radius 2 is 0.952 bits per heavy atom. The van der Waals surface area contributed by atoms with Crippen molar-refractivity contribution < 1.29 is 16.8 Å². The van der Waals surface area contributed by atoms with Gasteiger partial charge in [-0.2, -0.15) is 0 Å². The van der Waals surface area contributed by atoms with Gasteiger partial charge in [0, 0.05) is 6.42 Å². The molecule has 4 nitrogen and oxygen atoms in total. The number of aryl methyl sites for hydroxylation is 2. The van der Waals surface area contributed by atoms with Gasteiger partial charge in [-0.05, 0) is 173 Å². The van der Waals surface area contributed by atoms with Crippen LogP contribution in [0.3, 0.4) is 0 Å². The summed E-state index contributed by atoms with van der Waals surface area (Å²) in [4.78, 5) is 0.743. The van der Waals surface area contributed by atoms with E-state index in [1.165, 1.54) is 40.7 Å². The molecule has 2 aromatic rings. The Labute approximate surface area is 396 Å². The fourth-order valence-corrected chi connectivity index (χ4v) is 8.37. The van der Waals surface area contributed by atoms with Crippen LogP contribution in [0.1, 0.15) is 152 Å². The highest BCUT2D eigenvalue weighted by Gasteiger charge is 2.25. The standard InChI is InChI=1S/C21H28O2S.C17H24O2S.C14H22.C4H5Br/c1-6-8-20(14-11-18(4)10-7-9-17(2)3)24(22,23)21-15-12-19(5)13-16-21;1-14(2)6-5-7-15(3)12-13-20(18,19)17-10-8-16(4)9-11-17;1-5-6-7-8-11-14(4)12-9-10-13(2)3;1-2-3-4-5/h9,11-13,15-16,20H,7,10,14H2,1-5H3;6,8-12H,5,7,13H2,1-4H3;10-11H,7-9,12H2,1-4H3;4H2,1H3/b18-11+;15-12+;14-11+;. The van der Waals surface area contributed by atoms with Crippen molar-refractivity contribution in [1.82, 2.24) is 0 Å². The first kappa shape index (κ1) is 61.0. The number of hydrogen-bond donors (Lipinski definition) is 0. The molecule has 1 atom stereocenters. The van der Waals surface area contributed by atoms with E-state index in [2.05, 4.69) is 124 Å². The van der Waals surface area contributed by atoms with Crippen molar-refractivity contribution in [2.75, 3.05) is 11.1 Å². The summed E-state index contributed by atoms with van der Waals surface area (Å²) in [5.41, 5.74) is 9.94. The van der Waals surface area contributed by atoms with Crippen LogP contribution in [0.2, 0.25) is 0 Å². The number of alkyl halides is 1. The van der Waals surface area contributed by atoms with Crippen LogP contribution >= 0.6 is 15.9 Å². The third-order valence-corrected chi connectivity index (χ3v) is 13.1. The molecule has 346 valence electrons. The topological polar surface area (TPSA) is 68.3 Å². The number of benzene rings is 2. The highest BCUT2D eigenvalue weighted by Crippen LogP contribution is 2.21. The van der Waals surface area contributed by atoms with Crippen LogP contribution in [0.5, 0.6) is 0 Å². The first-order chi connectivity index (χ1) is 29.7. The van der Waals surface area contributed by atoms with Gasteiger partial charge in [0.1, 0.15) is 5.25 Å². The van der Waals surface area contributed by atoms with Crippen molar-refractivity contribution in [3.05, 3.63) is 130 Å². The smallest absolute Gasteiger partial charge is 0.192 e. The molecule has 0 heterocycles. The predicted octanol–water partition coefficient (Wildman–Crippen LogP) is 15.6. The van der Waals surface area contributed by atoms with Crippen LogP contribution < -0.4 is 0 Å². The molecule has 0 aliphatic heterocycles. The molecule has 0 amide bonds. The lowest BCUT2D eigenvalue weighted by Crippen LogP contribution is -2.19. The fourth-order valence-electron chi connectivity index (χ4n) is 5.37. The third-order valence-electron chi connectivity index (χ3n) is 9.20. The zero-order chi connectivity index (χ0) is 48.3. The van der Waals surface area contributed by atoms with Crippen molar-refractivity contribution in [2.45, 2.75) is 170 Å². The van der Waals surface area contributed by atoms with Crippen LogP contribution in [0.4, 0.5) is 0 Å². The third kappa shape index (κ3) is 33.2. The highest BCUT2D eigenvalue weighted by molar-refractivity contribution is 9.09. The molecule has 7 heteroatoms. The second kappa shape index (κ2) is 36.3. The zero-order valence-corrected chi connectivity index (χ0v) is 44.5. The minimum Gasteiger partial charge on any atom is -0.223 e. The molecule has 0 N–H and O–H groups in total. The lowest BCUT2D eigenvalue weighted by Gasteiger charge is -2.11. The van der Waals surface area contributed by atoms with Crippen LogP contribution in [0.15, 0.2) is 128 Å². The maximum absolute atomic E-state index is 12.8. The summed E-state index contributed by atoms with van der Waals surface area (Å²) in [7, 11) is -6.64. The molecule has 0 aliphatic carbocycles. The van der Waals surface area contributed by atoms with Gasteiger partial charge in [-0.25, -0.2) is 16.8 Å². The summed E-state index contributed by atoms with van der Waals surface area (Å²) in [6.45, 7) is 28.1. The van der Waals surface area contributed by atoms with Gasteiger partial charge in [0.15, 0.2) is 19.7 Å². The van der Waals surface area contributed by atoms with Crippen LogP contribution in [0, 0.1) is 49.4 Å². The maximum Gasteiger partial charge on any atom is 0.192 e. The molecule has 1 unspecified atom stereocenters. The summed E-state index contributed by atoms with van der Waals surface area (Å²) >= 11 is 3.14. The molecular weight excluding hydrogens is 881 g/mol. The normalized spacial score (nSPS) is 11.6. The zero-order valence-electron chi connectivity index (χ0n) is 41.3. The lowest BCUT2D eigenvalue weighted by molar-refractivity contribution is 0.589. The predicted molar refractivity (Wildman–Crippen MR) is 281 cm³/mol. The summed E-state index contributed by atoms with van der Waals surface area (Å²) in [6.07, 6.45) is 21.5. The van der Waals surface area contributed by atoms with Gasteiger partial charge in [0.2, 0.25) is 0 Å². The van der Waals surface area contributed by atoms with Gasteiger partial charge in [0.25, 0.3) is 0 Å². The van der Waals surface area contributed by atoms with E-state index in [-0.39, 0.29) is 5.75 Å². The Bertz CT molecular complexity index is 2220. The van der Waals surface area contributed by atoms with Crippen LogP contribution in [0.25, 0.3) is 0 Å². The Hall–Kier alpha value is -4.06. The van der Waals surface area contributed by atoms with Crippen molar-refractivity contribution >= 4 is 35.6 Å². The van der Waals surface area contributed by atoms with Crippen molar-refractivity contribution in [3.63, 3.8) is 0 Å². The van der Waals surface area contributed by atoms with E-state index in [1.54, 1.807) is 31.2 Å². The van der Waals surface area contributed by atoms with E-state index in [1.807, 2.05) is 78.0 Å². The van der Waals surface area contributed by atoms with E-state index in [4.69, 9.17) is 0 Å². The van der Waals surface area contributed by atoms with Gasteiger partial charge < -0.3 is 0 Å². The second-order valence-corrected chi connectivity index (χ2v) is 20.9. The number of allylic oxidation sites excluding steroid dienone is 11. The van der Waals surface area contributed by atoms with E-state index in [9.17, 15) is 16.8 Å². The number of sulfone groups is 2. The number of hydrogen-bond acceptors (Lipinski definition) is 4. The number of halogens is 1. The fraction of sp³-hybridized carbons (Fsp3) is 0.464. The van der Waals surface area contributed by atoms with Crippen molar-refractivity contribution in [1.29, 1.82) is 0 Å². The van der Waals surface area contributed by atoms with E-state index in [0.29, 0.717) is 16.2 Å². The minimum atomic E-state index is -3.44. The Balaban J connectivity index is 0. The largest absolute Gasteiger partial charge is 0.223 e. The lowest BCUT2D eigenvalue weighted by atomic mass is 10.1. The van der Waals surface area contributed by atoms with E-state index < -0.39 is 24.9 Å². The van der Waals surface area contributed by atoms with Crippen molar-refractivity contribution in [2.24, 2.45) is 0 Å². The molecule has 63 heavy (non-hydrogen) atoms. The molecule has 0 fully saturated rings. The van der Waals surface area contributed by atoms with Gasteiger partial charge in [0.05, 0.1) is 20.9 Å². The number of rotatable bonds is 18. The Morgan fingerprint density at radius 1 is 0.540 bits per heavy atom. The summed E-state index contributed by atoms with van der Waals surface area (Å²) in [5.74, 6) is 17.2. The van der Waals surface area contributed by atoms with Crippen LogP contribution in [-0.2, 0) is 19.7 Å². The van der Waals surface area contributed by atoms with Gasteiger partial charge in [-0.3, -0.25) is 0 Å². The highest BCUT2D eigenvalue weighted by atomic mass is 79.9. The molecule has 0 bridgehead atoms. The molecule has 2 aromatic carbocycles. The molecular formula is C56H79BrO4S2. The second-order valence-electron chi connectivity index (χ2n) is 16.2. The Kier molecular flexibility index (Phi) is 35.2. The summed E-state index contributed by atoms with van der Waals surface area (Å²) in [6, 6.07) is 14.0. The van der Waals surface area contributed by atoms with Crippen LogP contribution in [-0.4, -0.2) is 33.2 Å². The average molecular weight is 960 g/mol. The molecule has 2 rings (SSSR count). The molecule has 0 saturated heterocycles. The van der Waals surface area contributed by atoms with Gasteiger partial charge >= 0.3 is 0 Å². The molecule has 0 radical (unpaired) electrons. The number of unbranched alkanes of at least 4 members (excludes halogenated alkanes) is 1. The van der Waals surface area contributed by atoms with Gasteiger partial charge in [-0.1, -0.05) is 133 Å². The molecule has 0 spiro atoms. The first-order valence-electron chi connectivity index (χ1n) is 21.9. The summed E-state index contributed by atoms with van der Waals surface area (Å²) in [5, 5.41) is 0.104. The average Bonchev–Trinajstić information content (AvgIpc) is 3.21. The SMILES string of the molecule is CC#CC(C/C=C(\C)CCC=C(C)C)S(=O)(=O)c1ccc(C)cc1.CC#CCBr.CC#CCC/C=C(\C)CCC=C(C)C.CC(C)=CCC/C(C)=C/CS(=O)(=O)c1ccc(C)cc1. The molecule has 0 aromatic heterocycles. The minimum absolute atomic E-state index is 0.0801. The monoisotopic (exact) mass is 958 g/mol. The molecule has 0 saturated carbocycles. The van der Waals surface area contributed by atoms with Gasteiger partial charge in [-0.15, -0.1) is 23.7 Å². The summed E-state index contributed by atoms with van der Waals surface area (Å²) < 4.78 is 50.0. The maximum atomic E-state index is 12.8. The van der Waals surface area contributed by atoms with E-state index >= 15 is 0 Å².